The molecule has 1 atom stereocenters. The van der Waals surface area contributed by atoms with E-state index in [0.29, 0.717) is 6.29 Å². The van der Waals surface area contributed by atoms with Crippen LogP contribution in [0.4, 0.5) is 0 Å². The lowest BCUT2D eigenvalue weighted by Crippen LogP contribution is -2.40. The van der Waals surface area contributed by atoms with Crippen LogP contribution in [0.25, 0.3) is 0 Å². The molecular weight excluding hydrogens is 266 g/mol. The van der Waals surface area contributed by atoms with Gasteiger partial charge >= 0.3 is 0 Å². The van der Waals surface area contributed by atoms with Gasteiger partial charge in [0.2, 0.25) is 5.91 Å². The van der Waals surface area contributed by atoms with Gasteiger partial charge in [-0.2, -0.15) is 0 Å². The molecule has 1 unspecified atom stereocenters. The third kappa shape index (κ3) is 8.75. The fourth-order valence-corrected chi connectivity index (χ4v) is 2.60. The van der Waals surface area contributed by atoms with E-state index in [9.17, 15) is 18.0 Å². The molecule has 0 rings (SSSR count). The highest BCUT2D eigenvalue weighted by molar-refractivity contribution is 7.90. The quantitative estimate of drug-likeness (QED) is 0.616. The van der Waals surface area contributed by atoms with E-state index in [0.717, 1.165) is 31.9 Å². The Kier molecular flexibility index (Phi) is 8.63. The molecule has 112 valence electrons. The van der Waals surface area contributed by atoms with Gasteiger partial charge in [0.25, 0.3) is 0 Å². The number of carbonyl (C=O) groups excluding carboxylic acids is 2. The molecule has 0 saturated heterocycles. The smallest absolute Gasteiger partial charge is 0.223 e. The van der Waals surface area contributed by atoms with Crippen LogP contribution in [-0.4, -0.2) is 38.7 Å². The maximum Gasteiger partial charge on any atom is 0.223 e. The number of aldehydes is 1. The van der Waals surface area contributed by atoms with Gasteiger partial charge in [0.1, 0.15) is 16.1 Å². The van der Waals surface area contributed by atoms with Crippen molar-refractivity contribution in [2.45, 2.75) is 52.0 Å². The molecule has 0 aromatic carbocycles. The first-order valence-electron chi connectivity index (χ1n) is 6.77. The Morgan fingerprint density at radius 2 is 1.68 bits per heavy atom. The van der Waals surface area contributed by atoms with Crippen LogP contribution in [-0.2, 0) is 19.4 Å². The lowest BCUT2D eigenvalue weighted by atomic mass is 9.97. The number of hydrogen-bond acceptors (Lipinski definition) is 4. The van der Waals surface area contributed by atoms with Gasteiger partial charge in [-0.3, -0.25) is 4.79 Å². The third-order valence-electron chi connectivity index (χ3n) is 2.94. The van der Waals surface area contributed by atoms with Crippen LogP contribution < -0.4 is 5.32 Å². The van der Waals surface area contributed by atoms with Gasteiger partial charge in [0.05, 0.1) is 11.8 Å². The first-order chi connectivity index (χ1) is 8.84. The van der Waals surface area contributed by atoms with Crippen molar-refractivity contribution in [3.8, 4) is 0 Å². The highest BCUT2D eigenvalue weighted by Crippen LogP contribution is 2.14. The van der Waals surface area contributed by atoms with Crippen molar-refractivity contribution < 1.29 is 18.0 Å². The lowest BCUT2D eigenvalue weighted by Gasteiger charge is -2.18. The highest BCUT2D eigenvalue weighted by atomic mass is 32.2. The molecule has 0 aliphatic rings. The first kappa shape index (κ1) is 18.1. The molecular formula is C13H25NO4S. The third-order valence-corrected chi connectivity index (χ3v) is 3.91. The summed E-state index contributed by atoms with van der Waals surface area (Å²) in [6, 6.07) is -0.710. The van der Waals surface area contributed by atoms with Crippen LogP contribution in [0.1, 0.15) is 46.0 Å². The zero-order valence-corrected chi connectivity index (χ0v) is 12.8. The molecule has 0 aliphatic carbocycles. The number of hydrogen-bond donors (Lipinski definition) is 1. The fraction of sp³-hybridized carbons (Fsp3) is 0.846. The van der Waals surface area contributed by atoms with E-state index in [-0.39, 0.29) is 24.0 Å². The van der Waals surface area contributed by atoms with Crippen molar-refractivity contribution in [1.29, 1.82) is 0 Å². The van der Waals surface area contributed by atoms with Gasteiger partial charge < -0.3 is 10.1 Å². The summed E-state index contributed by atoms with van der Waals surface area (Å²) in [5.41, 5.74) is 0. The van der Waals surface area contributed by atoms with E-state index in [1.165, 1.54) is 0 Å². The average Bonchev–Trinajstić information content (AvgIpc) is 2.32. The lowest BCUT2D eigenvalue weighted by molar-refractivity contribution is -0.127. The number of rotatable bonds is 10. The minimum atomic E-state index is -3.12. The summed E-state index contributed by atoms with van der Waals surface area (Å²) in [5, 5.41) is 2.64. The van der Waals surface area contributed by atoms with Crippen LogP contribution in [0, 0.1) is 5.92 Å². The Morgan fingerprint density at radius 3 is 2.05 bits per heavy atom. The summed E-state index contributed by atoms with van der Waals surface area (Å²) < 4.78 is 22.1. The van der Waals surface area contributed by atoms with Crippen LogP contribution in [0.3, 0.4) is 0 Å². The van der Waals surface area contributed by atoms with Gasteiger partial charge in [-0.1, -0.05) is 26.7 Å². The maximum atomic E-state index is 12.0. The van der Waals surface area contributed by atoms with Gasteiger partial charge in [-0.05, 0) is 19.3 Å². The molecule has 1 N–H and O–H groups in total. The monoisotopic (exact) mass is 291 g/mol. The molecule has 5 nitrogen and oxygen atoms in total. The Hall–Kier alpha value is -0.910. The molecule has 0 aliphatic heterocycles. The molecule has 0 aromatic heterocycles. The Morgan fingerprint density at radius 1 is 1.16 bits per heavy atom. The van der Waals surface area contributed by atoms with Crippen LogP contribution in [0.5, 0.6) is 0 Å². The van der Waals surface area contributed by atoms with Crippen molar-refractivity contribution in [3.05, 3.63) is 0 Å². The Bertz CT molecular complexity index is 372. The zero-order valence-electron chi connectivity index (χ0n) is 12.0. The second-order valence-corrected chi connectivity index (χ2v) is 7.20. The molecule has 6 heteroatoms. The van der Waals surface area contributed by atoms with Gasteiger partial charge in [0.15, 0.2) is 0 Å². The Balaban J connectivity index is 4.42. The van der Waals surface area contributed by atoms with Crippen LogP contribution >= 0.6 is 0 Å². The van der Waals surface area contributed by atoms with Crippen molar-refractivity contribution in [2.75, 3.05) is 12.0 Å². The van der Waals surface area contributed by atoms with Crippen molar-refractivity contribution in [2.24, 2.45) is 5.92 Å². The van der Waals surface area contributed by atoms with E-state index in [2.05, 4.69) is 5.32 Å². The molecule has 19 heavy (non-hydrogen) atoms. The predicted octanol–water partition coefficient (Wildman–Crippen LogP) is 1.32. The van der Waals surface area contributed by atoms with Crippen molar-refractivity contribution in [3.63, 3.8) is 0 Å². The van der Waals surface area contributed by atoms with Gasteiger partial charge in [-0.25, -0.2) is 8.42 Å². The SMILES string of the molecule is CCCC(CCC)C(=O)NC(C=O)CCS(C)(=O)=O. The molecule has 0 radical (unpaired) electrons. The van der Waals surface area contributed by atoms with Gasteiger partial charge in [0, 0.05) is 12.2 Å². The molecule has 0 saturated carbocycles. The van der Waals surface area contributed by atoms with Crippen molar-refractivity contribution in [1.82, 2.24) is 5.32 Å². The second-order valence-electron chi connectivity index (χ2n) is 4.94. The maximum absolute atomic E-state index is 12.0. The van der Waals surface area contributed by atoms with E-state index in [1.54, 1.807) is 0 Å². The van der Waals surface area contributed by atoms with Crippen LogP contribution in [0.15, 0.2) is 0 Å². The second kappa shape index (κ2) is 9.07. The molecule has 1 amide bonds. The molecule has 0 aromatic rings. The largest absolute Gasteiger partial charge is 0.346 e. The molecule has 0 fully saturated rings. The molecule has 0 heterocycles. The molecule has 0 bridgehead atoms. The zero-order chi connectivity index (χ0) is 14.9. The van der Waals surface area contributed by atoms with Crippen molar-refractivity contribution >= 4 is 22.0 Å². The minimum absolute atomic E-state index is 0.0873. The standard InChI is InChI=1S/C13H25NO4S/c1-4-6-11(7-5-2)13(16)14-12(10-15)8-9-19(3,17)18/h10-12H,4-9H2,1-3H3,(H,14,16). The predicted molar refractivity (Wildman–Crippen MR) is 75.6 cm³/mol. The van der Waals surface area contributed by atoms with Gasteiger partial charge in [-0.15, -0.1) is 0 Å². The number of sulfone groups is 1. The summed E-state index contributed by atoms with van der Waals surface area (Å²) in [5.74, 6) is -0.326. The fourth-order valence-electron chi connectivity index (χ4n) is 1.92. The van der Waals surface area contributed by atoms with E-state index < -0.39 is 15.9 Å². The number of carbonyl (C=O) groups is 2. The normalized spacial score (nSPS) is 13.3. The Labute approximate surface area is 116 Å². The van der Waals surface area contributed by atoms with E-state index in [4.69, 9.17) is 0 Å². The summed E-state index contributed by atoms with van der Waals surface area (Å²) in [7, 11) is -3.12. The van der Waals surface area contributed by atoms with E-state index in [1.807, 2.05) is 13.8 Å². The number of amides is 1. The van der Waals surface area contributed by atoms with Crippen LogP contribution in [0.2, 0.25) is 0 Å². The average molecular weight is 291 g/mol. The van der Waals surface area contributed by atoms with E-state index >= 15 is 0 Å². The summed E-state index contributed by atoms with van der Waals surface area (Å²) in [6.45, 7) is 4.02. The summed E-state index contributed by atoms with van der Waals surface area (Å²) >= 11 is 0. The highest BCUT2D eigenvalue weighted by Gasteiger charge is 2.20. The summed E-state index contributed by atoms with van der Waals surface area (Å²) in [4.78, 5) is 22.9. The summed E-state index contributed by atoms with van der Waals surface area (Å²) in [6.07, 6.45) is 5.26. The first-order valence-corrected chi connectivity index (χ1v) is 8.83. The molecule has 0 spiro atoms. The minimum Gasteiger partial charge on any atom is -0.346 e. The number of nitrogens with one attached hydrogen (secondary N) is 1. The topological polar surface area (TPSA) is 80.3 Å².